The lowest BCUT2D eigenvalue weighted by Crippen LogP contribution is -2.43. The first-order valence-electron chi connectivity index (χ1n) is 7.35. The lowest BCUT2D eigenvalue weighted by atomic mass is 9.77. The fraction of sp³-hybridized carbons (Fsp3) is 0.353. The first-order chi connectivity index (χ1) is 10.2. The van der Waals surface area contributed by atoms with E-state index in [4.69, 9.17) is 0 Å². The molecule has 2 unspecified atom stereocenters. The number of thiophene rings is 1. The highest BCUT2D eigenvalue weighted by molar-refractivity contribution is 7.10. The van der Waals surface area contributed by atoms with Gasteiger partial charge in [0.1, 0.15) is 6.04 Å². The standard InChI is InChI=1S/C17H17NO2S/c19-17(20)16-14-6-8-21-15(14)5-7-18(16)10-12-9-11-3-1-2-4-13(11)12/h1-4,6,8,12,16H,5,7,9-10H2,(H,19,20). The molecule has 0 bridgehead atoms. The normalized spacial score (nSPS) is 24.0. The van der Waals surface area contributed by atoms with Crippen LogP contribution < -0.4 is 0 Å². The van der Waals surface area contributed by atoms with Crippen LogP contribution >= 0.6 is 11.3 Å². The Hall–Kier alpha value is -1.65. The maximum atomic E-state index is 11.7. The number of fused-ring (bicyclic) bond motifs is 2. The molecular weight excluding hydrogens is 282 g/mol. The Kier molecular flexibility index (Phi) is 3.08. The Labute approximate surface area is 127 Å². The summed E-state index contributed by atoms with van der Waals surface area (Å²) in [5.74, 6) is -0.231. The zero-order valence-corrected chi connectivity index (χ0v) is 12.5. The van der Waals surface area contributed by atoms with Gasteiger partial charge in [0.25, 0.3) is 0 Å². The fourth-order valence-electron chi connectivity index (χ4n) is 3.66. The van der Waals surface area contributed by atoms with Gasteiger partial charge in [-0.1, -0.05) is 24.3 Å². The van der Waals surface area contributed by atoms with E-state index in [2.05, 4.69) is 29.2 Å². The van der Waals surface area contributed by atoms with Crippen molar-refractivity contribution in [3.8, 4) is 0 Å². The first kappa shape index (κ1) is 13.0. The van der Waals surface area contributed by atoms with Gasteiger partial charge in [-0.2, -0.15) is 0 Å². The average Bonchev–Trinajstić information content (AvgIpc) is 2.92. The van der Waals surface area contributed by atoms with E-state index in [0.717, 1.165) is 31.5 Å². The Bertz CT molecular complexity index is 694. The van der Waals surface area contributed by atoms with E-state index >= 15 is 0 Å². The summed E-state index contributed by atoms with van der Waals surface area (Å²) in [5, 5.41) is 11.7. The molecule has 3 nitrogen and oxygen atoms in total. The van der Waals surface area contributed by atoms with Crippen LogP contribution in [0, 0.1) is 0 Å². The molecule has 0 amide bonds. The molecule has 2 aromatic rings. The molecule has 0 saturated heterocycles. The minimum Gasteiger partial charge on any atom is -0.480 e. The van der Waals surface area contributed by atoms with E-state index in [-0.39, 0.29) is 0 Å². The fourth-order valence-corrected chi connectivity index (χ4v) is 4.57. The Morgan fingerprint density at radius 2 is 2.14 bits per heavy atom. The lowest BCUT2D eigenvalue weighted by Gasteiger charge is -2.39. The number of benzene rings is 1. The van der Waals surface area contributed by atoms with Crippen molar-refractivity contribution in [3.63, 3.8) is 0 Å². The molecule has 21 heavy (non-hydrogen) atoms. The number of nitrogens with zero attached hydrogens (tertiary/aromatic N) is 1. The highest BCUT2D eigenvalue weighted by atomic mass is 32.1. The number of carbonyl (C=O) groups is 1. The molecule has 2 atom stereocenters. The van der Waals surface area contributed by atoms with Crippen LogP contribution in [-0.4, -0.2) is 29.1 Å². The number of hydrogen-bond donors (Lipinski definition) is 1. The van der Waals surface area contributed by atoms with Crippen molar-refractivity contribution in [2.45, 2.75) is 24.8 Å². The van der Waals surface area contributed by atoms with Gasteiger partial charge in [0.2, 0.25) is 0 Å². The third-order valence-corrected chi connectivity index (χ3v) is 5.71. The Morgan fingerprint density at radius 1 is 1.29 bits per heavy atom. The van der Waals surface area contributed by atoms with E-state index < -0.39 is 12.0 Å². The van der Waals surface area contributed by atoms with Crippen LogP contribution in [0.1, 0.15) is 33.5 Å². The van der Waals surface area contributed by atoms with Crippen molar-refractivity contribution in [1.29, 1.82) is 0 Å². The minimum atomic E-state index is -0.720. The molecule has 0 radical (unpaired) electrons. The Balaban J connectivity index is 1.57. The van der Waals surface area contributed by atoms with Crippen LogP contribution in [0.15, 0.2) is 35.7 Å². The van der Waals surface area contributed by atoms with Gasteiger partial charge in [-0.15, -0.1) is 11.3 Å². The summed E-state index contributed by atoms with van der Waals surface area (Å²) in [6.07, 6.45) is 2.06. The third kappa shape index (κ3) is 2.10. The van der Waals surface area contributed by atoms with Gasteiger partial charge in [0.15, 0.2) is 0 Å². The predicted octanol–water partition coefficient (Wildman–Crippen LogP) is 3.07. The molecule has 0 fully saturated rings. The van der Waals surface area contributed by atoms with E-state index in [9.17, 15) is 9.90 Å². The van der Waals surface area contributed by atoms with Crippen LogP contribution in [0.3, 0.4) is 0 Å². The Morgan fingerprint density at radius 3 is 2.95 bits per heavy atom. The van der Waals surface area contributed by atoms with Crippen molar-refractivity contribution in [1.82, 2.24) is 4.90 Å². The smallest absolute Gasteiger partial charge is 0.325 e. The predicted molar refractivity (Wildman–Crippen MR) is 82.9 cm³/mol. The van der Waals surface area contributed by atoms with Gasteiger partial charge < -0.3 is 5.11 Å². The SMILES string of the molecule is O=C(O)C1c2ccsc2CCN1CC1Cc2ccccc21. The minimum absolute atomic E-state index is 0.465. The summed E-state index contributed by atoms with van der Waals surface area (Å²) < 4.78 is 0. The van der Waals surface area contributed by atoms with E-state index in [0.29, 0.717) is 5.92 Å². The summed E-state index contributed by atoms with van der Waals surface area (Å²) in [6.45, 7) is 1.70. The summed E-state index contributed by atoms with van der Waals surface area (Å²) >= 11 is 1.69. The molecule has 1 aromatic heterocycles. The number of carboxylic acid groups (broad SMARTS) is 1. The van der Waals surface area contributed by atoms with Crippen molar-refractivity contribution in [2.24, 2.45) is 0 Å². The van der Waals surface area contributed by atoms with Crippen LogP contribution in [0.5, 0.6) is 0 Å². The van der Waals surface area contributed by atoms with Gasteiger partial charge in [-0.05, 0) is 41.0 Å². The molecule has 4 heteroatoms. The van der Waals surface area contributed by atoms with Crippen molar-refractivity contribution >= 4 is 17.3 Å². The van der Waals surface area contributed by atoms with Gasteiger partial charge in [0, 0.05) is 23.9 Å². The van der Waals surface area contributed by atoms with E-state index in [1.807, 2.05) is 11.4 Å². The van der Waals surface area contributed by atoms with Crippen molar-refractivity contribution in [3.05, 3.63) is 57.3 Å². The lowest BCUT2D eigenvalue weighted by molar-refractivity contribution is -0.144. The second-order valence-electron chi connectivity index (χ2n) is 5.88. The third-order valence-electron chi connectivity index (χ3n) is 4.72. The van der Waals surface area contributed by atoms with Crippen LogP contribution in [0.2, 0.25) is 0 Å². The maximum absolute atomic E-state index is 11.7. The number of hydrogen-bond acceptors (Lipinski definition) is 3. The molecule has 2 aliphatic rings. The molecule has 1 aliphatic carbocycles. The number of carboxylic acids is 1. The molecule has 1 aromatic carbocycles. The van der Waals surface area contributed by atoms with Crippen molar-refractivity contribution in [2.75, 3.05) is 13.1 Å². The molecule has 4 rings (SSSR count). The summed E-state index contributed by atoms with van der Waals surface area (Å²) in [4.78, 5) is 15.1. The first-order valence-corrected chi connectivity index (χ1v) is 8.23. The average molecular weight is 299 g/mol. The molecule has 108 valence electrons. The molecule has 0 spiro atoms. The highest BCUT2D eigenvalue weighted by Gasteiger charge is 2.37. The van der Waals surface area contributed by atoms with Gasteiger partial charge in [-0.25, -0.2) is 0 Å². The molecule has 1 N–H and O–H groups in total. The van der Waals surface area contributed by atoms with Gasteiger partial charge >= 0.3 is 5.97 Å². The zero-order chi connectivity index (χ0) is 14.4. The molecular formula is C17H17NO2S. The van der Waals surface area contributed by atoms with E-state index in [1.165, 1.54) is 16.0 Å². The van der Waals surface area contributed by atoms with Crippen LogP contribution in [0.4, 0.5) is 0 Å². The largest absolute Gasteiger partial charge is 0.480 e. The second-order valence-corrected chi connectivity index (χ2v) is 6.89. The quantitative estimate of drug-likeness (QED) is 0.947. The monoisotopic (exact) mass is 299 g/mol. The maximum Gasteiger partial charge on any atom is 0.325 e. The summed E-state index contributed by atoms with van der Waals surface area (Å²) in [6, 6.07) is 10.0. The molecule has 0 saturated carbocycles. The van der Waals surface area contributed by atoms with Gasteiger partial charge in [0.05, 0.1) is 0 Å². The summed E-state index contributed by atoms with van der Waals surface area (Å²) in [7, 11) is 0. The zero-order valence-electron chi connectivity index (χ0n) is 11.7. The number of aliphatic carboxylic acids is 1. The second kappa shape index (κ2) is 4.97. The van der Waals surface area contributed by atoms with Crippen LogP contribution in [0.25, 0.3) is 0 Å². The highest BCUT2D eigenvalue weighted by Crippen LogP contribution is 2.39. The van der Waals surface area contributed by atoms with Gasteiger partial charge in [-0.3, -0.25) is 9.69 Å². The van der Waals surface area contributed by atoms with Crippen molar-refractivity contribution < 1.29 is 9.90 Å². The summed E-state index contributed by atoms with van der Waals surface area (Å²) in [5.41, 5.74) is 3.83. The number of rotatable bonds is 3. The van der Waals surface area contributed by atoms with E-state index in [1.54, 1.807) is 11.3 Å². The van der Waals surface area contributed by atoms with Crippen LogP contribution in [-0.2, 0) is 17.6 Å². The molecule has 1 aliphatic heterocycles. The topological polar surface area (TPSA) is 40.5 Å². The molecule has 2 heterocycles.